The first-order chi connectivity index (χ1) is 16.1. The predicted octanol–water partition coefficient (Wildman–Crippen LogP) is 2.43. The van der Waals surface area contributed by atoms with Crippen molar-refractivity contribution in [3.8, 4) is 11.3 Å². The lowest BCUT2D eigenvalue weighted by atomic mass is 10.1. The second kappa shape index (κ2) is 9.26. The van der Waals surface area contributed by atoms with Crippen molar-refractivity contribution < 1.29 is 19.0 Å². The van der Waals surface area contributed by atoms with Crippen molar-refractivity contribution in [1.29, 1.82) is 0 Å². The van der Waals surface area contributed by atoms with E-state index in [0.29, 0.717) is 29.6 Å². The predicted molar refractivity (Wildman–Crippen MR) is 125 cm³/mol. The summed E-state index contributed by atoms with van der Waals surface area (Å²) in [6, 6.07) is 16.7. The maximum absolute atomic E-state index is 11.7. The second-order valence-corrected chi connectivity index (χ2v) is 8.30. The molecule has 0 spiro atoms. The van der Waals surface area contributed by atoms with Gasteiger partial charge in [0.1, 0.15) is 23.9 Å². The first-order valence-corrected chi connectivity index (χ1v) is 11.0. The summed E-state index contributed by atoms with van der Waals surface area (Å²) in [5.41, 5.74) is 2.96. The molecular formula is C23H23N5O4S. The quantitative estimate of drug-likeness (QED) is 0.435. The van der Waals surface area contributed by atoms with Gasteiger partial charge in [0.25, 0.3) is 0 Å². The summed E-state index contributed by atoms with van der Waals surface area (Å²) in [6.07, 6.45) is 1.61. The van der Waals surface area contributed by atoms with Crippen molar-refractivity contribution in [1.82, 2.24) is 20.3 Å². The lowest BCUT2D eigenvalue weighted by Gasteiger charge is -2.20. The zero-order chi connectivity index (χ0) is 22.8. The van der Waals surface area contributed by atoms with E-state index in [2.05, 4.69) is 20.9 Å². The molecule has 0 unspecified atom stereocenters. The smallest absolute Gasteiger partial charge is 0.337 e. The van der Waals surface area contributed by atoms with E-state index in [1.807, 2.05) is 47.3 Å². The number of anilines is 1. The van der Waals surface area contributed by atoms with Crippen LogP contribution in [0.2, 0.25) is 0 Å². The van der Waals surface area contributed by atoms with Crippen molar-refractivity contribution in [2.24, 2.45) is 0 Å². The molecule has 1 aromatic heterocycles. The molecule has 0 amide bonds. The van der Waals surface area contributed by atoms with Gasteiger partial charge in [-0.05, 0) is 30.4 Å². The van der Waals surface area contributed by atoms with Crippen molar-refractivity contribution in [2.75, 3.05) is 25.6 Å². The number of rotatable bonds is 5. The monoisotopic (exact) mass is 465 g/mol. The highest BCUT2D eigenvalue weighted by Gasteiger charge is 2.49. The van der Waals surface area contributed by atoms with E-state index in [1.54, 1.807) is 18.2 Å². The number of nitrogens with one attached hydrogen (secondary N) is 2. The van der Waals surface area contributed by atoms with E-state index < -0.39 is 5.97 Å². The summed E-state index contributed by atoms with van der Waals surface area (Å²) in [7, 11) is 1.35. The molecule has 2 N–H and O–H groups in total. The number of nitrogens with zero attached hydrogens (tertiary/aromatic N) is 3. The van der Waals surface area contributed by atoms with Gasteiger partial charge < -0.3 is 24.8 Å². The SMILES string of the molecule is COC(=O)c1cccc(NC(=S)N[C@H]2CO[C@H]3[C@@H]2OC[C@@H]3n2cc(-c3ccccc3)nn2)c1. The van der Waals surface area contributed by atoms with Gasteiger partial charge in [0.2, 0.25) is 0 Å². The largest absolute Gasteiger partial charge is 0.465 e. The Kier molecular flexibility index (Phi) is 6.03. The number of esters is 1. The molecule has 2 aromatic carbocycles. The highest BCUT2D eigenvalue weighted by atomic mass is 32.1. The molecule has 0 radical (unpaired) electrons. The molecule has 4 atom stereocenters. The van der Waals surface area contributed by atoms with Crippen LogP contribution in [0.4, 0.5) is 5.69 Å². The van der Waals surface area contributed by atoms with Crippen LogP contribution >= 0.6 is 12.2 Å². The number of benzene rings is 2. The van der Waals surface area contributed by atoms with Crippen molar-refractivity contribution in [3.63, 3.8) is 0 Å². The normalized spacial score (nSPS) is 23.7. The van der Waals surface area contributed by atoms with E-state index in [4.69, 9.17) is 26.4 Å². The van der Waals surface area contributed by atoms with Crippen molar-refractivity contribution in [2.45, 2.75) is 24.3 Å². The molecule has 0 bridgehead atoms. The van der Waals surface area contributed by atoms with Crippen LogP contribution in [-0.2, 0) is 14.2 Å². The van der Waals surface area contributed by atoms with E-state index in [9.17, 15) is 4.79 Å². The van der Waals surface area contributed by atoms with Crippen LogP contribution in [0.1, 0.15) is 16.4 Å². The minimum atomic E-state index is -0.404. The van der Waals surface area contributed by atoms with Crippen LogP contribution in [0.25, 0.3) is 11.3 Å². The number of thiocarbonyl (C=S) groups is 1. The first-order valence-electron chi connectivity index (χ1n) is 10.6. The third-order valence-corrected chi connectivity index (χ3v) is 6.02. The maximum Gasteiger partial charge on any atom is 0.337 e. The number of carbonyl (C=O) groups excluding carboxylic acids is 1. The minimum absolute atomic E-state index is 0.0648. The summed E-state index contributed by atoms with van der Waals surface area (Å²) in [5.74, 6) is -0.404. The number of methoxy groups -OCH3 is 1. The highest BCUT2D eigenvalue weighted by Crippen LogP contribution is 2.34. The number of ether oxygens (including phenoxy) is 3. The van der Waals surface area contributed by atoms with Crippen LogP contribution in [0.3, 0.4) is 0 Å². The standard InChI is InChI=1S/C23H23N5O4S/c1-30-22(29)15-8-5-9-16(10-15)24-23(33)25-18-12-31-21-19(13-32-20(18)21)28-11-17(26-27-28)14-6-3-2-4-7-14/h2-11,18-21H,12-13H2,1H3,(H2,24,25,33)/t18-,19-,20+,21+/m0/s1. The van der Waals surface area contributed by atoms with E-state index in [1.165, 1.54) is 7.11 Å². The molecule has 9 nitrogen and oxygen atoms in total. The molecule has 33 heavy (non-hydrogen) atoms. The van der Waals surface area contributed by atoms with Gasteiger partial charge in [0.15, 0.2) is 5.11 Å². The Morgan fingerprint density at radius 3 is 2.76 bits per heavy atom. The molecule has 2 aliphatic heterocycles. The van der Waals surface area contributed by atoms with Gasteiger partial charge in [-0.15, -0.1) is 5.10 Å². The molecule has 170 valence electrons. The molecule has 0 saturated carbocycles. The van der Waals surface area contributed by atoms with E-state index >= 15 is 0 Å². The van der Waals surface area contributed by atoms with Crippen LogP contribution in [0.5, 0.6) is 0 Å². The maximum atomic E-state index is 11.7. The van der Waals surface area contributed by atoms with Gasteiger partial charge in [-0.25, -0.2) is 9.48 Å². The average molecular weight is 466 g/mol. The highest BCUT2D eigenvalue weighted by molar-refractivity contribution is 7.80. The molecular weight excluding hydrogens is 442 g/mol. The zero-order valence-corrected chi connectivity index (χ0v) is 18.7. The molecule has 3 heterocycles. The number of hydrogen-bond donors (Lipinski definition) is 2. The van der Waals surface area contributed by atoms with Crippen LogP contribution in [0, 0.1) is 0 Å². The van der Waals surface area contributed by atoms with Crippen LogP contribution in [0.15, 0.2) is 60.8 Å². The fourth-order valence-corrected chi connectivity index (χ4v) is 4.46. The molecule has 3 aromatic rings. The Labute approximate surface area is 196 Å². The summed E-state index contributed by atoms with van der Waals surface area (Å²) in [6.45, 7) is 0.933. The van der Waals surface area contributed by atoms with E-state index in [-0.39, 0.29) is 24.3 Å². The van der Waals surface area contributed by atoms with E-state index in [0.717, 1.165) is 11.3 Å². The lowest BCUT2D eigenvalue weighted by Crippen LogP contribution is -2.45. The van der Waals surface area contributed by atoms with Gasteiger partial charge in [-0.2, -0.15) is 0 Å². The number of aromatic nitrogens is 3. The summed E-state index contributed by atoms with van der Waals surface area (Å²) < 4.78 is 18.7. The Morgan fingerprint density at radius 2 is 1.94 bits per heavy atom. The minimum Gasteiger partial charge on any atom is -0.465 e. The summed E-state index contributed by atoms with van der Waals surface area (Å²) >= 11 is 5.47. The number of fused-ring (bicyclic) bond motifs is 1. The topological polar surface area (TPSA) is 99.5 Å². The Bertz CT molecular complexity index is 1150. The van der Waals surface area contributed by atoms with Crippen molar-refractivity contribution >= 4 is 29.0 Å². The number of hydrogen-bond acceptors (Lipinski definition) is 7. The third kappa shape index (κ3) is 4.45. The molecule has 5 rings (SSSR count). The van der Waals surface area contributed by atoms with Gasteiger partial charge in [-0.1, -0.05) is 41.6 Å². The van der Waals surface area contributed by atoms with Gasteiger partial charge >= 0.3 is 5.97 Å². The first kappa shape index (κ1) is 21.5. The Balaban J connectivity index is 1.21. The zero-order valence-electron chi connectivity index (χ0n) is 17.9. The molecule has 0 aliphatic carbocycles. The fraction of sp³-hybridized carbons (Fsp3) is 0.304. The summed E-state index contributed by atoms with van der Waals surface area (Å²) in [5, 5.41) is 15.4. The van der Waals surface area contributed by atoms with Crippen molar-refractivity contribution in [3.05, 3.63) is 66.4 Å². The fourth-order valence-electron chi connectivity index (χ4n) is 4.19. The molecule has 10 heteroatoms. The molecule has 2 saturated heterocycles. The van der Waals surface area contributed by atoms with Gasteiger partial charge in [0, 0.05) is 11.3 Å². The second-order valence-electron chi connectivity index (χ2n) is 7.89. The van der Waals surface area contributed by atoms with Crippen LogP contribution < -0.4 is 10.6 Å². The Hall–Kier alpha value is -3.34. The lowest BCUT2D eigenvalue weighted by molar-refractivity contribution is 0.0600. The third-order valence-electron chi connectivity index (χ3n) is 5.80. The molecule has 2 fully saturated rings. The Morgan fingerprint density at radius 1 is 1.12 bits per heavy atom. The van der Waals surface area contributed by atoms with Gasteiger partial charge in [0.05, 0.1) is 38.1 Å². The van der Waals surface area contributed by atoms with Crippen LogP contribution in [-0.4, -0.2) is 64.6 Å². The number of carbonyl (C=O) groups is 1. The summed E-state index contributed by atoms with van der Waals surface area (Å²) in [4.78, 5) is 11.7. The van der Waals surface area contributed by atoms with Gasteiger partial charge in [-0.3, -0.25) is 0 Å². The molecule has 2 aliphatic rings. The average Bonchev–Trinajstić information content (AvgIpc) is 3.57.